The second-order valence-electron chi connectivity index (χ2n) is 4.19. The van der Waals surface area contributed by atoms with Crippen LogP contribution in [0, 0.1) is 11.3 Å². The minimum Gasteiger partial charge on any atom is -0.292 e. The highest BCUT2D eigenvalue weighted by molar-refractivity contribution is 7.91. The van der Waals surface area contributed by atoms with Gasteiger partial charge in [0.15, 0.2) is 9.84 Å². The maximum Gasteiger partial charge on any atom is 0.152 e. The van der Waals surface area contributed by atoms with Crippen LogP contribution in [0.1, 0.15) is 20.3 Å². The molecule has 1 aliphatic rings. The lowest BCUT2D eigenvalue weighted by Crippen LogP contribution is -2.49. The van der Waals surface area contributed by atoms with Crippen LogP contribution in [0.4, 0.5) is 0 Å². The van der Waals surface area contributed by atoms with E-state index in [0.717, 1.165) is 0 Å². The Morgan fingerprint density at radius 1 is 1.53 bits per heavy atom. The predicted octanol–water partition coefficient (Wildman–Crippen LogP) is 0.243. The first-order chi connectivity index (χ1) is 6.87. The van der Waals surface area contributed by atoms with Crippen LogP contribution >= 0.6 is 0 Å². The van der Waals surface area contributed by atoms with Crippen molar-refractivity contribution >= 4 is 15.7 Å². The number of hydrogen-bond acceptors (Lipinski definition) is 4. The van der Waals surface area contributed by atoms with Crippen molar-refractivity contribution in [3.8, 4) is 0 Å². The van der Waals surface area contributed by atoms with Gasteiger partial charge in [0.2, 0.25) is 0 Å². The van der Waals surface area contributed by atoms with Gasteiger partial charge in [-0.15, -0.1) is 0 Å². The fraction of sp³-hybridized carbons (Fsp3) is 0.889. The first-order valence-corrected chi connectivity index (χ1v) is 6.95. The molecule has 0 bridgehead atoms. The van der Waals surface area contributed by atoms with Gasteiger partial charge >= 0.3 is 0 Å². The largest absolute Gasteiger partial charge is 0.292 e. The van der Waals surface area contributed by atoms with Crippen LogP contribution < -0.4 is 5.43 Å². The Bertz CT molecular complexity index is 337. The van der Waals surface area contributed by atoms with Gasteiger partial charge in [-0.3, -0.25) is 10.4 Å². The smallest absolute Gasteiger partial charge is 0.152 e. The average Bonchev–Trinajstić information content (AvgIpc) is 2.47. The van der Waals surface area contributed by atoms with Crippen molar-refractivity contribution in [2.75, 3.05) is 18.6 Å². The predicted molar refractivity (Wildman–Crippen MR) is 60.5 cm³/mol. The van der Waals surface area contributed by atoms with E-state index in [0.29, 0.717) is 12.3 Å². The van der Waals surface area contributed by atoms with Gasteiger partial charge in [0, 0.05) is 13.0 Å². The molecule has 0 radical (unpaired) electrons. The molecule has 1 unspecified atom stereocenters. The molecule has 0 saturated carbocycles. The molecule has 0 spiro atoms. The summed E-state index contributed by atoms with van der Waals surface area (Å²) in [4.78, 5) is 0. The average molecular weight is 233 g/mol. The molecule has 0 aromatic rings. The molecule has 1 saturated heterocycles. The highest BCUT2D eigenvalue weighted by atomic mass is 32.2. The fourth-order valence-electron chi connectivity index (χ4n) is 1.76. The summed E-state index contributed by atoms with van der Waals surface area (Å²) in [5.41, 5.74) is 2.91. The summed E-state index contributed by atoms with van der Waals surface area (Å²) >= 11 is 0. The summed E-state index contributed by atoms with van der Waals surface area (Å²) in [7, 11) is -1.16. The fourth-order valence-corrected chi connectivity index (χ4v) is 3.46. The minimum absolute atomic E-state index is 0.0881. The third-order valence-corrected chi connectivity index (χ3v) is 4.37. The van der Waals surface area contributed by atoms with Crippen LogP contribution in [0.2, 0.25) is 0 Å². The van der Waals surface area contributed by atoms with Gasteiger partial charge in [0.1, 0.15) is 5.84 Å². The normalized spacial score (nSPS) is 24.4. The van der Waals surface area contributed by atoms with Crippen LogP contribution in [0.15, 0.2) is 0 Å². The number of hydrazine groups is 1. The van der Waals surface area contributed by atoms with Crippen molar-refractivity contribution in [3.05, 3.63) is 0 Å². The molecule has 0 aliphatic carbocycles. The van der Waals surface area contributed by atoms with Crippen molar-refractivity contribution in [2.24, 2.45) is 5.92 Å². The summed E-state index contributed by atoms with van der Waals surface area (Å²) in [6, 6.07) is -0.0881. The van der Waals surface area contributed by atoms with E-state index < -0.39 is 9.84 Å². The quantitative estimate of drug-likeness (QED) is 0.416. The van der Waals surface area contributed by atoms with Crippen LogP contribution in [0.5, 0.6) is 0 Å². The molecule has 1 aliphatic heterocycles. The van der Waals surface area contributed by atoms with Gasteiger partial charge in [-0.2, -0.15) is 0 Å². The van der Waals surface area contributed by atoms with Crippen molar-refractivity contribution in [2.45, 2.75) is 26.3 Å². The van der Waals surface area contributed by atoms with Crippen LogP contribution in [0.25, 0.3) is 0 Å². The molecule has 1 rings (SSSR count). The Kier molecular flexibility index (Phi) is 3.72. The SMILES string of the molecule is CNN(C(=N)C(C)C)C1CCS(=O)(=O)C1. The zero-order valence-corrected chi connectivity index (χ0v) is 10.3. The summed E-state index contributed by atoms with van der Waals surface area (Å²) in [5.74, 6) is 0.935. The lowest BCUT2D eigenvalue weighted by atomic mass is 10.1. The molecule has 1 atom stereocenters. The van der Waals surface area contributed by atoms with E-state index in [2.05, 4.69) is 5.43 Å². The molecule has 0 aromatic heterocycles. The molecule has 88 valence electrons. The monoisotopic (exact) mass is 233 g/mol. The summed E-state index contributed by atoms with van der Waals surface area (Å²) in [5, 5.41) is 9.54. The van der Waals surface area contributed by atoms with E-state index in [9.17, 15) is 8.42 Å². The van der Waals surface area contributed by atoms with E-state index in [4.69, 9.17) is 5.41 Å². The molecule has 6 heteroatoms. The number of sulfone groups is 1. The number of rotatable bonds is 3. The second-order valence-corrected chi connectivity index (χ2v) is 6.42. The molecule has 15 heavy (non-hydrogen) atoms. The molecular formula is C9H19N3O2S. The van der Waals surface area contributed by atoms with Crippen molar-refractivity contribution in [1.29, 1.82) is 5.41 Å². The van der Waals surface area contributed by atoms with Crippen LogP contribution in [0.3, 0.4) is 0 Å². The van der Waals surface area contributed by atoms with Gasteiger partial charge in [-0.25, -0.2) is 13.8 Å². The molecule has 1 fully saturated rings. The second kappa shape index (κ2) is 4.49. The molecule has 0 amide bonds. The maximum atomic E-state index is 11.3. The zero-order chi connectivity index (χ0) is 11.6. The lowest BCUT2D eigenvalue weighted by molar-refractivity contribution is 0.254. The maximum absolute atomic E-state index is 11.3. The summed E-state index contributed by atoms with van der Waals surface area (Å²) in [6.45, 7) is 3.85. The standard InChI is InChI=1S/C9H19N3O2S/c1-7(2)9(10)12(11-3)8-4-5-15(13,14)6-8/h7-8,10-11H,4-6H2,1-3H3. The number of nitrogens with zero attached hydrogens (tertiary/aromatic N) is 1. The van der Waals surface area contributed by atoms with Crippen molar-refractivity contribution in [1.82, 2.24) is 10.4 Å². The lowest BCUT2D eigenvalue weighted by Gasteiger charge is -2.31. The van der Waals surface area contributed by atoms with Gasteiger partial charge in [-0.1, -0.05) is 13.8 Å². The van der Waals surface area contributed by atoms with Crippen molar-refractivity contribution in [3.63, 3.8) is 0 Å². The Hall–Kier alpha value is -0.620. The summed E-state index contributed by atoms with van der Waals surface area (Å²) < 4.78 is 22.7. The van der Waals surface area contributed by atoms with E-state index >= 15 is 0 Å². The van der Waals surface area contributed by atoms with E-state index in [1.807, 2.05) is 13.8 Å². The summed E-state index contributed by atoms with van der Waals surface area (Å²) in [6.07, 6.45) is 0.609. The first kappa shape index (κ1) is 12.4. The number of nitrogens with one attached hydrogen (secondary N) is 2. The molecule has 5 nitrogen and oxygen atoms in total. The molecule has 0 aromatic carbocycles. The number of amidine groups is 1. The Morgan fingerprint density at radius 2 is 2.13 bits per heavy atom. The van der Waals surface area contributed by atoms with Gasteiger partial charge in [-0.05, 0) is 6.42 Å². The van der Waals surface area contributed by atoms with Gasteiger partial charge in [0.05, 0.1) is 17.5 Å². The Balaban J connectivity index is 2.73. The van der Waals surface area contributed by atoms with E-state index in [1.165, 1.54) is 0 Å². The van der Waals surface area contributed by atoms with E-state index in [1.54, 1.807) is 12.1 Å². The minimum atomic E-state index is -2.89. The molecular weight excluding hydrogens is 214 g/mol. The van der Waals surface area contributed by atoms with Crippen LogP contribution in [-0.2, 0) is 9.84 Å². The Labute approximate surface area is 91.2 Å². The highest BCUT2D eigenvalue weighted by Crippen LogP contribution is 2.17. The third-order valence-electron chi connectivity index (χ3n) is 2.62. The molecule has 1 heterocycles. The van der Waals surface area contributed by atoms with Crippen LogP contribution in [-0.4, -0.2) is 43.9 Å². The Morgan fingerprint density at radius 3 is 2.47 bits per heavy atom. The third kappa shape index (κ3) is 2.92. The first-order valence-electron chi connectivity index (χ1n) is 5.13. The topological polar surface area (TPSA) is 73.3 Å². The highest BCUT2D eigenvalue weighted by Gasteiger charge is 2.33. The van der Waals surface area contributed by atoms with Gasteiger partial charge < -0.3 is 0 Å². The molecule has 2 N–H and O–H groups in total. The van der Waals surface area contributed by atoms with Crippen molar-refractivity contribution < 1.29 is 8.42 Å². The number of hydrogen-bond donors (Lipinski definition) is 2. The zero-order valence-electron chi connectivity index (χ0n) is 9.45. The van der Waals surface area contributed by atoms with E-state index in [-0.39, 0.29) is 23.5 Å². The van der Waals surface area contributed by atoms with Gasteiger partial charge in [0.25, 0.3) is 0 Å².